The molecular weight excluding hydrogens is 260 g/mol. The van der Waals surface area contributed by atoms with Crippen LogP contribution in [-0.4, -0.2) is 5.97 Å². The zero-order valence-corrected chi connectivity index (χ0v) is 11.5. The van der Waals surface area contributed by atoms with Gasteiger partial charge in [0.2, 0.25) is 0 Å². The number of hydrogen-bond donors (Lipinski definition) is 0. The van der Waals surface area contributed by atoms with Crippen LogP contribution in [0.3, 0.4) is 0 Å². The molecule has 21 heavy (non-hydrogen) atoms. The Bertz CT molecular complexity index is 825. The van der Waals surface area contributed by atoms with Gasteiger partial charge >= 0.3 is 5.97 Å². The van der Waals surface area contributed by atoms with Crippen LogP contribution < -0.4 is 4.74 Å². The van der Waals surface area contributed by atoms with Crippen LogP contribution in [-0.2, 0) is 12.8 Å². The van der Waals surface area contributed by atoms with Crippen LogP contribution in [0, 0.1) is 0 Å². The van der Waals surface area contributed by atoms with Crippen molar-refractivity contribution >= 4 is 16.7 Å². The zero-order valence-electron chi connectivity index (χ0n) is 11.5. The summed E-state index contributed by atoms with van der Waals surface area (Å²) in [5, 5.41) is 2.29. The van der Waals surface area contributed by atoms with E-state index in [-0.39, 0.29) is 5.97 Å². The Kier molecular flexibility index (Phi) is 2.74. The van der Waals surface area contributed by atoms with Crippen LogP contribution in [0.5, 0.6) is 5.75 Å². The number of carbonyl (C=O) groups excluding carboxylic acids is 1. The number of aryl methyl sites for hydroxylation is 2. The van der Waals surface area contributed by atoms with Crippen LogP contribution in [0.25, 0.3) is 10.8 Å². The minimum atomic E-state index is -0.311. The molecule has 0 aromatic heterocycles. The average Bonchev–Trinajstić information content (AvgIpc) is 2.96. The highest BCUT2D eigenvalue weighted by Crippen LogP contribution is 2.36. The lowest BCUT2D eigenvalue weighted by molar-refractivity contribution is 0.0737. The van der Waals surface area contributed by atoms with E-state index in [2.05, 4.69) is 12.1 Å². The van der Waals surface area contributed by atoms with E-state index >= 15 is 0 Å². The topological polar surface area (TPSA) is 26.3 Å². The molecule has 0 heterocycles. The van der Waals surface area contributed by atoms with Gasteiger partial charge in [-0.2, -0.15) is 0 Å². The maximum Gasteiger partial charge on any atom is 0.343 e. The van der Waals surface area contributed by atoms with Gasteiger partial charge in [-0.1, -0.05) is 42.5 Å². The van der Waals surface area contributed by atoms with Crippen molar-refractivity contribution in [2.45, 2.75) is 12.8 Å². The highest BCUT2D eigenvalue weighted by molar-refractivity contribution is 5.98. The lowest BCUT2D eigenvalue weighted by Crippen LogP contribution is -2.08. The van der Waals surface area contributed by atoms with E-state index in [4.69, 9.17) is 4.74 Å². The molecule has 4 rings (SSSR count). The van der Waals surface area contributed by atoms with E-state index in [1.807, 2.05) is 36.4 Å². The summed E-state index contributed by atoms with van der Waals surface area (Å²) in [5.41, 5.74) is 3.26. The van der Waals surface area contributed by atoms with Crippen LogP contribution >= 0.6 is 0 Å². The second-order valence-electron chi connectivity index (χ2n) is 5.32. The number of rotatable bonds is 2. The van der Waals surface area contributed by atoms with Gasteiger partial charge in [-0.3, -0.25) is 0 Å². The second kappa shape index (κ2) is 4.74. The largest absolute Gasteiger partial charge is 0.422 e. The molecule has 0 amide bonds. The van der Waals surface area contributed by atoms with Crippen molar-refractivity contribution in [2.24, 2.45) is 0 Å². The van der Waals surface area contributed by atoms with Gasteiger partial charge in [0.1, 0.15) is 5.75 Å². The minimum Gasteiger partial charge on any atom is -0.422 e. The van der Waals surface area contributed by atoms with E-state index in [9.17, 15) is 4.79 Å². The van der Waals surface area contributed by atoms with E-state index in [0.29, 0.717) is 11.3 Å². The van der Waals surface area contributed by atoms with Gasteiger partial charge in [-0.25, -0.2) is 4.79 Å². The molecule has 1 aliphatic carbocycles. The van der Waals surface area contributed by atoms with E-state index in [0.717, 1.165) is 18.2 Å². The van der Waals surface area contributed by atoms with Gasteiger partial charge in [0.25, 0.3) is 0 Å². The standard InChI is InChI=1S/C19H14O2/c20-19(15-5-2-1-3-6-15)21-17-12-11-14-10-9-13-7-4-8-16(17)18(13)14/h1-8,11-12H,9-10H2. The van der Waals surface area contributed by atoms with Crippen molar-refractivity contribution in [1.82, 2.24) is 0 Å². The van der Waals surface area contributed by atoms with Crippen molar-refractivity contribution in [3.8, 4) is 5.75 Å². The second-order valence-corrected chi connectivity index (χ2v) is 5.32. The summed E-state index contributed by atoms with van der Waals surface area (Å²) in [6.45, 7) is 0. The quantitative estimate of drug-likeness (QED) is 0.518. The monoisotopic (exact) mass is 274 g/mol. The third-order valence-electron chi connectivity index (χ3n) is 4.05. The predicted molar refractivity (Wildman–Crippen MR) is 82.8 cm³/mol. The summed E-state index contributed by atoms with van der Waals surface area (Å²) in [4.78, 5) is 12.2. The van der Waals surface area contributed by atoms with Crippen molar-refractivity contribution in [2.75, 3.05) is 0 Å². The molecule has 0 fully saturated rings. The van der Waals surface area contributed by atoms with Gasteiger partial charge in [-0.05, 0) is 47.6 Å². The third kappa shape index (κ3) is 2.00. The first-order chi connectivity index (χ1) is 10.3. The molecule has 0 unspecified atom stereocenters. The molecule has 2 heteroatoms. The van der Waals surface area contributed by atoms with Crippen molar-refractivity contribution in [3.63, 3.8) is 0 Å². The molecule has 0 atom stereocenters. The molecule has 0 saturated carbocycles. The highest BCUT2D eigenvalue weighted by Gasteiger charge is 2.18. The molecule has 0 radical (unpaired) electrons. The summed E-state index contributed by atoms with van der Waals surface area (Å²) < 4.78 is 5.61. The third-order valence-corrected chi connectivity index (χ3v) is 4.05. The molecule has 0 bridgehead atoms. The number of benzene rings is 3. The Labute approximate surface area is 123 Å². The zero-order chi connectivity index (χ0) is 14.2. The van der Waals surface area contributed by atoms with Gasteiger partial charge in [0.15, 0.2) is 0 Å². The first kappa shape index (κ1) is 12.2. The molecule has 0 aliphatic heterocycles. The summed E-state index contributed by atoms with van der Waals surface area (Å²) in [7, 11) is 0. The van der Waals surface area contributed by atoms with Crippen LogP contribution in [0.2, 0.25) is 0 Å². The molecule has 1 aliphatic rings. The SMILES string of the molecule is O=C(Oc1ccc2c3c(cccc13)CC2)c1ccccc1. The van der Waals surface area contributed by atoms with Gasteiger partial charge in [-0.15, -0.1) is 0 Å². The Morgan fingerprint density at radius 3 is 2.38 bits per heavy atom. The Balaban J connectivity index is 1.77. The fourth-order valence-electron chi connectivity index (χ4n) is 3.04. The lowest BCUT2D eigenvalue weighted by Gasteiger charge is -2.09. The first-order valence-corrected chi connectivity index (χ1v) is 7.13. The van der Waals surface area contributed by atoms with Crippen LogP contribution in [0.15, 0.2) is 60.7 Å². The molecule has 0 saturated heterocycles. The van der Waals surface area contributed by atoms with Crippen LogP contribution in [0.1, 0.15) is 21.5 Å². The summed E-state index contributed by atoms with van der Waals surface area (Å²) in [6.07, 6.45) is 2.14. The van der Waals surface area contributed by atoms with E-state index in [1.165, 1.54) is 16.5 Å². The molecule has 3 aromatic carbocycles. The first-order valence-electron chi connectivity index (χ1n) is 7.13. The average molecular weight is 274 g/mol. The molecule has 102 valence electrons. The van der Waals surface area contributed by atoms with Crippen molar-refractivity contribution in [3.05, 3.63) is 77.4 Å². The fraction of sp³-hybridized carbons (Fsp3) is 0.105. The van der Waals surface area contributed by atoms with Crippen molar-refractivity contribution in [1.29, 1.82) is 0 Å². The maximum atomic E-state index is 12.2. The number of esters is 1. The maximum absolute atomic E-state index is 12.2. The molecule has 2 nitrogen and oxygen atoms in total. The van der Waals surface area contributed by atoms with Gasteiger partial charge in [0.05, 0.1) is 5.56 Å². The number of hydrogen-bond acceptors (Lipinski definition) is 2. The molecule has 3 aromatic rings. The number of carbonyl (C=O) groups is 1. The lowest BCUT2D eigenvalue weighted by atomic mass is 10.0. The van der Waals surface area contributed by atoms with Crippen molar-refractivity contribution < 1.29 is 9.53 Å². The smallest absolute Gasteiger partial charge is 0.343 e. The van der Waals surface area contributed by atoms with Gasteiger partial charge < -0.3 is 4.74 Å². The fourth-order valence-corrected chi connectivity index (χ4v) is 3.04. The summed E-state index contributed by atoms with van der Waals surface area (Å²) >= 11 is 0. The molecule has 0 spiro atoms. The Morgan fingerprint density at radius 2 is 1.57 bits per heavy atom. The summed E-state index contributed by atoms with van der Waals surface area (Å²) in [6, 6.07) is 19.3. The van der Waals surface area contributed by atoms with E-state index < -0.39 is 0 Å². The minimum absolute atomic E-state index is 0.311. The predicted octanol–water partition coefficient (Wildman–Crippen LogP) is 4.16. The molecular formula is C19H14O2. The number of ether oxygens (including phenoxy) is 1. The van der Waals surface area contributed by atoms with Gasteiger partial charge in [0, 0.05) is 5.39 Å². The highest BCUT2D eigenvalue weighted by atomic mass is 16.5. The van der Waals surface area contributed by atoms with E-state index in [1.54, 1.807) is 12.1 Å². The Hall–Kier alpha value is -2.61. The summed E-state index contributed by atoms with van der Waals surface area (Å²) in [5.74, 6) is 0.334. The Morgan fingerprint density at radius 1 is 0.810 bits per heavy atom. The normalized spacial score (nSPS) is 12.6. The van der Waals surface area contributed by atoms with Crippen LogP contribution in [0.4, 0.5) is 0 Å². The molecule has 0 N–H and O–H groups in total.